The molecule has 0 aliphatic heterocycles. The molecule has 0 fully saturated rings. The summed E-state index contributed by atoms with van der Waals surface area (Å²) in [7, 11) is 0. The van der Waals surface area contributed by atoms with E-state index in [9.17, 15) is 4.79 Å². The van der Waals surface area contributed by atoms with Crippen molar-refractivity contribution in [3.05, 3.63) is 80.4 Å². The molecule has 0 saturated heterocycles. The van der Waals surface area contributed by atoms with Gasteiger partial charge in [-0.05, 0) is 35.9 Å². The van der Waals surface area contributed by atoms with Crippen LogP contribution in [0, 0.1) is 0 Å². The van der Waals surface area contributed by atoms with Crippen LogP contribution in [-0.4, -0.2) is 15.7 Å². The van der Waals surface area contributed by atoms with Gasteiger partial charge in [-0.1, -0.05) is 51.3 Å². The van der Waals surface area contributed by atoms with Crippen molar-refractivity contribution in [3.8, 4) is 0 Å². The minimum atomic E-state index is -0.333. The molecule has 3 rings (SSSR count). The second-order valence-electron chi connectivity index (χ2n) is 5.08. The third-order valence-corrected chi connectivity index (χ3v) is 4.47. The van der Waals surface area contributed by atoms with Gasteiger partial charge in [-0.15, -0.1) is 0 Å². The van der Waals surface area contributed by atoms with Gasteiger partial charge in [-0.3, -0.25) is 4.79 Å². The van der Waals surface area contributed by atoms with Gasteiger partial charge in [-0.25, -0.2) is 4.68 Å². The summed E-state index contributed by atoms with van der Waals surface area (Å²) >= 11 is 15.4. The van der Waals surface area contributed by atoms with Gasteiger partial charge in [0, 0.05) is 15.6 Å². The average molecular weight is 425 g/mol. The molecule has 0 atom stereocenters. The van der Waals surface area contributed by atoms with Crippen molar-refractivity contribution in [2.24, 2.45) is 0 Å². The zero-order valence-corrected chi connectivity index (χ0v) is 15.4. The quantitative estimate of drug-likeness (QED) is 0.621. The van der Waals surface area contributed by atoms with E-state index in [0.29, 0.717) is 28.0 Å². The van der Waals surface area contributed by atoms with Crippen molar-refractivity contribution < 1.29 is 4.79 Å². The van der Waals surface area contributed by atoms with E-state index in [4.69, 9.17) is 23.2 Å². The highest BCUT2D eigenvalue weighted by molar-refractivity contribution is 9.10. The maximum absolute atomic E-state index is 12.4. The first-order valence-corrected chi connectivity index (χ1v) is 8.60. The number of anilines is 1. The van der Waals surface area contributed by atoms with Crippen molar-refractivity contribution in [1.82, 2.24) is 9.78 Å². The van der Waals surface area contributed by atoms with Crippen LogP contribution >= 0.6 is 39.1 Å². The Morgan fingerprint density at radius 3 is 2.62 bits per heavy atom. The predicted molar refractivity (Wildman–Crippen MR) is 99.9 cm³/mol. The van der Waals surface area contributed by atoms with Gasteiger partial charge >= 0.3 is 0 Å². The summed E-state index contributed by atoms with van der Waals surface area (Å²) in [5.41, 5.74) is 1.39. The normalized spacial score (nSPS) is 10.6. The van der Waals surface area contributed by atoms with Crippen LogP contribution in [0.2, 0.25) is 10.0 Å². The molecule has 0 bridgehead atoms. The molecule has 24 heavy (non-hydrogen) atoms. The number of rotatable bonds is 4. The standard InChI is InChI=1S/C17H12BrCl2N3O/c18-12-3-1-11(2-4-12)10-23-16(7-8-21-23)22-17(24)14-9-13(19)5-6-15(14)20/h1-9H,10H2,(H,22,24). The van der Waals surface area contributed by atoms with Crippen molar-refractivity contribution in [3.63, 3.8) is 0 Å². The Labute approximate surface area is 157 Å². The SMILES string of the molecule is O=C(Nc1ccnn1Cc1ccc(Br)cc1)c1cc(Cl)ccc1Cl. The number of halogens is 3. The third-order valence-electron chi connectivity index (χ3n) is 3.38. The summed E-state index contributed by atoms with van der Waals surface area (Å²) in [5, 5.41) is 7.86. The Bertz CT molecular complexity index is 878. The van der Waals surface area contributed by atoms with Crippen molar-refractivity contribution >= 4 is 50.9 Å². The molecule has 0 aliphatic rings. The van der Waals surface area contributed by atoms with E-state index in [1.165, 1.54) is 6.07 Å². The van der Waals surface area contributed by atoms with Gasteiger partial charge in [0.25, 0.3) is 5.91 Å². The molecule has 3 aromatic rings. The van der Waals surface area contributed by atoms with Gasteiger partial charge in [-0.2, -0.15) is 5.10 Å². The van der Waals surface area contributed by atoms with Gasteiger partial charge in [0.05, 0.1) is 23.3 Å². The molecule has 0 radical (unpaired) electrons. The fourth-order valence-electron chi connectivity index (χ4n) is 2.18. The van der Waals surface area contributed by atoms with Crippen LogP contribution in [0.1, 0.15) is 15.9 Å². The molecule has 1 heterocycles. The molecular formula is C17H12BrCl2N3O. The fourth-order valence-corrected chi connectivity index (χ4v) is 2.82. The van der Waals surface area contributed by atoms with E-state index in [-0.39, 0.29) is 5.91 Å². The molecule has 4 nitrogen and oxygen atoms in total. The van der Waals surface area contributed by atoms with E-state index in [1.54, 1.807) is 29.1 Å². The van der Waals surface area contributed by atoms with Crippen LogP contribution in [0.3, 0.4) is 0 Å². The van der Waals surface area contributed by atoms with Crippen molar-refractivity contribution in [2.75, 3.05) is 5.32 Å². The number of hydrogen-bond donors (Lipinski definition) is 1. The number of nitrogens with one attached hydrogen (secondary N) is 1. The molecule has 0 aliphatic carbocycles. The van der Waals surface area contributed by atoms with Gasteiger partial charge in [0.2, 0.25) is 0 Å². The summed E-state index contributed by atoms with van der Waals surface area (Å²) in [4.78, 5) is 12.4. The summed E-state index contributed by atoms with van der Waals surface area (Å²) < 4.78 is 2.72. The Kier molecular flexibility index (Phi) is 5.23. The second-order valence-corrected chi connectivity index (χ2v) is 6.84. The fraction of sp³-hybridized carbons (Fsp3) is 0.0588. The third kappa shape index (κ3) is 3.98. The highest BCUT2D eigenvalue weighted by Crippen LogP contribution is 2.22. The first kappa shape index (κ1) is 17.0. The number of amides is 1. The lowest BCUT2D eigenvalue weighted by Gasteiger charge is -2.10. The maximum Gasteiger partial charge on any atom is 0.258 e. The molecular weight excluding hydrogens is 413 g/mol. The number of nitrogens with zero attached hydrogens (tertiary/aromatic N) is 2. The zero-order chi connectivity index (χ0) is 17.1. The highest BCUT2D eigenvalue weighted by atomic mass is 79.9. The number of carbonyl (C=O) groups excluding carboxylic acids is 1. The lowest BCUT2D eigenvalue weighted by Crippen LogP contribution is -2.16. The Morgan fingerprint density at radius 1 is 1.12 bits per heavy atom. The Hall–Kier alpha value is -1.82. The number of hydrogen-bond acceptors (Lipinski definition) is 2. The molecule has 0 saturated carbocycles. The van der Waals surface area contributed by atoms with E-state index in [2.05, 4.69) is 26.3 Å². The molecule has 1 N–H and O–H groups in total. The number of aromatic nitrogens is 2. The van der Waals surface area contributed by atoms with Gasteiger partial charge in [0.15, 0.2) is 0 Å². The first-order chi connectivity index (χ1) is 11.5. The molecule has 122 valence electrons. The summed E-state index contributed by atoms with van der Waals surface area (Å²) in [6.45, 7) is 0.541. The van der Waals surface area contributed by atoms with Crippen LogP contribution in [0.5, 0.6) is 0 Å². The molecule has 2 aromatic carbocycles. The van der Waals surface area contributed by atoms with Gasteiger partial charge in [0.1, 0.15) is 5.82 Å². The van der Waals surface area contributed by atoms with E-state index in [1.807, 2.05) is 24.3 Å². The average Bonchev–Trinajstić information content (AvgIpc) is 2.98. The molecule has 1 aromatic heterocycles. The molecule has 7 heteroatoms. The lowest BCUT2D eigenvalue weighted by atomic mass is 10.2. The molecule has 0 spiro atoms. The molecule has 1 amide bonds. The topological polar surface area (TPSA) is 46.9 Å². The lowest BCUT2D eigenvalue weighted by molar-refractivity contribution is 0.102. The van der Waals surface area contributed by atoms with Crippen LogP contribution in [0.25, 0.3) is 0 Å². The summed E-state index contributed by atoms with van der Waals surface area (Å²) in [5.74, 6) is 0.249. The molecule has 0 unspecified atom stereocenters. The van der Waals surface area contributed by atoms with Crippen LogP contribution in [0.4, 0.5) is 5.82 Å². The van der Waals surface area contributed by atoms with Crippen LogP contribution in [-0.2, 0) is 6.54 Å². The van der Waals surface area contributed by atoms with Crippen molar-refractivity contribution in [2.45, 2.75) is 6.54 Å². The number of benzene rings is 2. The zero-order valence-electron chi connectivity index (χ0n) is 12.3. The second kappa shape index (κ2) is 7.38. The Balaban J connectivity index is 1.79. The number of carbonyl (C=O) groups is 1. The first-order valence-electron chi connectivity index (χ1n) is 7.05. The smallest absolute Gasteiger partial charge is 0.258 e. The maximum atomic E-state index is 12.4. The Morgan fingerprint density at radius 2 is 1.88 bits per heavy atom. The van der Waals surface area contributed by atoms with Gasteiger partial charge < -0.3 is 5.32 Å². The van der Waals surface area contributed by atoms with Crippen LogP contribution in [0.15, 0.2) is 59.2 Å². The summed E-state index contributed by atoms with van der Waals surface area (Å²) in [6, 6.07) is 14.4. The van der Waals surface area contributed by atoms with Crippen molar-refractivity contribution in [1.29, 1.82) is 0 Å². The minimum absolute atomic E-state index is 0.320. The summed E-state index contributed by atoms with van der Waals surface area (Å²) in [6.07, 6.45) is 1.63. The monoisotopic (exact) mass is 423 g/mol. The van der Waals surface area contributed by atoms with Crippen LogP contribution < -0.4 is 5.32 Å². The minimum Gasteiger partial charge on any atom is -0.307 e. The van der Waals surface area contributed by atoms with E-state index in [0.717, 1.165) is 10.0 Å². The van der Waals surface area contributed by atoms with E-state index >= 15 is 0 Å². The largest absolute Gasteiger partial charge is 0.307 e. The predicted octanol–water partition coefficient (Wildman–Crippen LogP) is 5.25. The van der Waals surface area contributed by atoms with E-state index < -0.39 is 0 Å². The highest BCUT2D eigenvalue weighted by Gasteiger charge is 2.13.